The number of halogens is 1. The maximum Gasteiger partial charge on any atom is 0.494 e. The van der Waals surface area contributed by atoms with E-state index in [4.69, 9.17) is 35.9 Å². The molecule has 16 aromatic carbocycles. The van der Waals surface area contributed by atoms with Crippen LogP contribution >= 0.6 is 11.6 Å². The molecule has 20 aromatic rings. The quantitative estimate of drug-likeness (QED) is 0.112. The van der Waals surface area contributed by atoms with Gasteiger partial charge in [-0.25, -0.2) is 9.97 Å². The van der Waals surface area contributed by atoms with Gasteiger partial charge in [0.2, 0.25) is 0 Å². The third-order valence-corrected chi connectivity index (χ3v) is 22.7. The summed E-state index contributed by atoms with van der Waals surface area (Å²) in [6, 6.07) is 124. The summed E-state index contributed by atoms with van der Waals surface area (Å²) in [6.45, 7) is 8.29. The lowest BCUT2D eigenvalue weighted by molar-refractivity contribution is 0.00578. The number of pyridine rings is 4. The fraction of sp³-hybridized carbons (Fsp3) is 0.0588. The molecule has 0 amide bonds. The summed E-state index contributed by atoms with van der Waals surface area (Å²) in [5.41, 5.74) is 20.1. The molecule has 0 spiro atoms. The highest BCUT2D eigenvalue weighted by Crippen LogP contribution is 2.46. The first kappa shape index (κ1) is 67.6. The van der Waals surface area contributed by atoms with Gasteiger partial charge in [-0.1, -0.05) is 327 Å². The van der Waals surface area contributed by atoms with Crippen LogP contribution in [-0.2, 0) is 9.31 Å². The van der Waals surface area contributed by atoms with E-state index in [9.17, 15) is 0 Å². The lowest BCUT2D eigenvalue weighted by atomic mass is 9.78. The molecule has 524 valence electrons. The number of hydrogen-bond acceptors (Lipinski definition) is 6. The third-order valence-electron chi connectivity index (χ3n) is 22.4. The van der Waals surface area contributed by atoms with Crippen molar-refractivity contribution in [2.24, 2.45) is 0 Å². The topological polar surface area (TPSA) is 70.0 Å². The Morgan fingerprint density at radius 1 is 0.255 bits per heavy atom. The minimum Gasteiger partial charge on any atom is -0.399 e. The molecule has 1 fully saturated rings. The van der Waals surface area contributed by atoms with Crippen molar-refractivity contribution in [2.45, 2.75) is 38.9 Å². The number of nitrogens with zero attached hydrogens (tertiary/aromatic N) is 4. The van der Waals surface area contributed by atoms with E-state index in [1.165, 1.54) is 76.1 Å². The standard InChI is InChI=1S/C48H30N2.C33H20ClN.C21H22BNO2.H2/c1-3-17-36-31(11-1)13-7-22-39(36)44-29-45-43(34-26-24-33(25-27-34)38-21-9-15-35-16-10-28-49-47(35)38)30-46(50-48(45)42-20-6-5-19-40(42)44)41-23-8-14-32-12-2-4-18-37(32)41;34-31-20-32(27-18-8-12-22-10-2-4-14-24(22)27)35-33-28-16-6-5-15-26(28)29(19-30(31)33)25-17-7-11-21-9-1-3-13-23(21)25;1-20(2)21(3,4)25-22(24-20)17-12-10-15(11-13-17)18-9-5-7-16-8-6-14-23-19(16)18;/h1-30H;1-20H;5-14H,1-4H3;1H/i;;;1+2. The largest absolute Gasteiger partial charge is 0.494 e. The van der Waals surface area contributed by atoms with Crippen LogP contribution in [0.15, 0.2) is 364 Å². The average Bonchev–Trinajstić information content (AvgIpc) is 1.29. The Balaban J connectivity index is 0.000000123. The van der Waals surface area contributed by atoms with Crippen molar-refractivity contribution in [3.63, 3.8) is 0 Å². The molecule has 0 saturated carbocycles. The van der Waals surface area contributed by atoms with Gasteiger partial charge in [-0.3, -0.25) is 9.97 Å². The molecule has 110 heavy (non-hydrogen) atoms. The Hall–Kier alpha value is -13.0. The molecule has 0 bridgehead atoms. The van der Waals surface area contributed by atoms with Gasteiger partial charge in [-0.05, 0) is 168 Å². The Bertz CT molecular complexity index is 6980. The first-order chi connectivity index (χ1) is 53.9. The van der Waals surface area contributed by atoms with E-state index in [0.717, 1.165) is 116 Å². The molecular weight excluding hydrogens is 1360 g/mol. The molecule has 1 aliphatic rings. The first-order valence-corrected chi connectivity index (χ1v) is 37.9. The van der Waals surface area contributed by atoms with Crippen LogP contribution in [0.3, 0.4) is 0 Å². The summed E-state index contributed by atoms with van der Waals surface area (Å²) in [5.74, 6) is 0. The summed E-state index contributed by atoms with van der Waals surface area (Å²) in [5, 5.41) is 19.4. The van der Waals surface area contributed by atoms with Gasteiger partial charge in [-0.15, -0.1) is 0 Å². The zero-order valence-corrected chi connectivity index (χ0v) is 62.0. The van der Waals surface area contributed by atoms with Gasteiger partial charge in [0.25, 0.3) is 0 Å². The highest BCUT2D eigenvalue weighted by atomic mass is 35.5. The van der Waals surface area contributed by atoms with Gasteiger partial charge in [0.1, 0.15) is 0 Å². The fourth-order valence-corrected chi connectivity index (χ4v) is 16.4. The van der Waals surface area contributed by atoms with Crippen LogP contribution in [0.4, 0.5) is 0 Å². The molecule has 8 heteroatoms. The van der Waals surface area contributed by atoms with Crippen LogP contribution in [0.5, 0.6) is 0 Å². The summed E-state index contributed by atoms with van der Waals surface area (Å²) in [4.78, 5) is 20.0. The molecule has 0 aliphatic carbocycles. The van der Waals surface area contributed by atoms with Gasteiger partial charge >= 0.3 is 7.12 Å². The number of rotatable bonds is 8. The zero-order valence-electron chi connectivity index (χ0n) is 61.2. The monoisotopic (exact) mass is 1430 g/mol. The van der Waals surface area contributed by atoms with Gasteiger partial charge in [0, 0.05) is 68.4 Å². The van der Waals surface area contributed by atoms with Crippen molar-refractivity contribution in [2.75, 3.05) is 0 Å². The van der Waals surface area contributed by atoms with Crippen LogP contribution in [0.2, 0.25) is 5.02 Å². The fourth-order valence-electron chi connectivity index (χ4n) is 16.1. The second kappa shape index (κ2) is 28.0. The molecule has 1 aliphatic heterocycles. The molecule has 0 radical (unpaired) electrons. The van der Waals surface area contributed by atoms with E-state index in [0.29, 0.717) is 5.02 Å². The van der Waals surface area contributed by atoms with Crippen molar-refractivity contribution in [3.8, 4) is 78.1 Å². The van der Waals surface area contributed by atoms with Crippen LogP contribution in [0.25, 0.3) is 186 Å². The van der Waals surface area contributed by atoms with Gasteiger partial charge < -0.3 is 9.31 Å². The van der Waals surface area contributed by atoms with Crippen LogP contribution in [-0.4, -0.2) is 38.3 Å². The molecule has 5 heterocycles. The van der Waals surface area contributed by atoms with Crippen molar-refractivity contribution in [1.29, 1.82) is 0 Å². The zero-order chi connectivity index (χ0) is 74.0. The molecule has 0 unspecified atom stereocenters. The van der Waals surface area contributed by atoms with Crippen molar-refractivity contribution >= 4 is 132 Å². The number of para-hydroxylation sites is 2. The SMILES string of the molecule is CC1(C)OB(c2ccc(-c3cccc4cccnc34)cc2)OC1(C)C.Clc1cc(-c2cccc3ccccc23)nc2c1cc(-c1cccc3ccccc13)c1ccccc12.[3HH].c1ccc2c(-c3cc(-c4ccc(-c5cccc6cccnc56)cc4)c4cc(-c5cccc6ccccc56)c5ccccc5c4n3)cccc2c1. The minimum atomic E-state index is -0.329. The van der Waals surface area contributed by atoms with E-state index in [2.05, 4.69) is 366 Å². The first-order valence-electron chi connectivity index (χ1n) is 37.5. The smallest absolute Gasteiger partial charge is 0.399 e. The number of hydrogen-bond donors (Lipinski definition) is 0. The predicted octanol–water partition coefficient (Wildman–Crippen LogP) is 27.0. The van der Waals surface area contributed by atoms with E-state index in [-0.39, 0.29) is 19.7 Å². The second-order valence-electron chi connectivity index (χ2n) is 29.4. The summed E-state index contributed by atoms with van der Waals surface area (Å²) in [6.07, 6.45) is 3.71. The Labute approximate surface area is 645 Å². The summed E-state index contributed by atoms with van der Waals surface area (Å²) < 4.78 is 12.3. The normalized spacial score (nSPS) is 13.2. The number of benzene rings is 16. The van der Waals surface area contributed by atoms with E-state index in [1.54, 1.807) is 0 Å². The van der Waals surface area contributed by atoms with E-state index < -0.39 is 0 Å². The lowest BCUT2D eigenvalue weighted by Crippen LogP contribution is -2.41. The second-order valence-corrected chi connectivity index (χ2v) is 29.8. The van der Waals surface area contributed by atoms with E-state index >= 15 is 0 Å². The molecular formula is C102H74BClN4O2. The van der Waals surface area contributed by atoms with Gasteiger partial charge in [0.05, 0.1) is 49.7 Å². The number of fused-ring (bicyclic) bond motifs is 12. The average molecular weight is 1440 g/mol. The summed E-state index contributed by atoms with van der Waals surface area (Å²) >= 11 is 7.00. The van der Waals surface area contributed by atoms with Crippen LogP contribution < -0.4 is 5.46 Å². The molecule has 21 rings (SSSR count). The third kappa shape index (κ3) is 12.2. The van der Waals surface area contributed by atoms with Crippen LogP contribution in [0, 0.1) is 0 Å². The summed E-state index contributed by atoms with van der Waals surface area (Å²) in [7, 11) is -0.329. The highest BCUT2D eigenvalue weighted by Gasteiger charge is 2.51. The molecule has 6 nitrogen and oxygen atoms in total. The Kier molecular flexibility index (Phi) is 17.2. The van der Waals surface area contributed by atoms with Crippen LogP contribution in [0.1, 0.15) is 29.1 Å². The van der Waals surface area contributed by atoms with Crippen molar-refractivity contribution in [3.05, 3.63) is 369 Å². The van der Waals surface area contributed by atoms with E-state index in [1.807, 2.05) is 30.6 Å². The molecule has 0 N–H and O–H groups in total. The van der Waals surface area contributed by atoms with Crippen molar-refractivity contribution in [1.82, 2.24) is 19.9 Å². The molecule has 0 atom stereocenters. The minimum absolute atomic E-state index is 0. The number of aromatic nitrogens is 4. The maximum atomic E-state index is 7.00. The maximum absolute atomic E-state index is 7.00. The predicted molar refractivity (Wildman–Crippen MR) is 466 cm³/mol. The van der Waals surface area contributed by atoms with Crippen molar-refractivity contribution < 1.29 is 10.7 Å². The highest BCUT2D eigenvalue weighted by molar-refractivity contribution is 6.62. The molecule has 4 aromatic heterocycles. The van der Waals surface area contributed by atoms with Gasteiger partial charge in [-0.2, -0.15) is 0 Å². The Morgan fingerprint density at radius 2 is 0.573 bits per heavy atom. The Morgan fingerprint density at radius 3 is 1.02 bits per heavy atom. The lowest BCUT2D eigenvalue weighted by Gasteiger charge is -2.32. The molecule has 1 saturated heterocycles. The van der Waals surface area contributed by atoms with Gasteiger partial charge in [0.15, 0.2) is 0 Å².